The summed E-state index contributed by atoms with van der Waals surface area (Å²) in [5, 5.41) is 13.7. The fourth-order valence-electron chi connectivity index (χ4n) is 3.32. The Morgan fingerprint density at radius 1 is 1.23 bits per heavy atom. The van der Waals surface area contributed by atoms with E-state index < -0.39 is 0 Å². The van der Waals surface area contributed by atoms with Crippen LogP contribution in [0.25, 0.3) is 0 Å². The van der Waals surface area contributed by atoms with Crippen LogP contribution in [-0.4, -0.2) is 53.2 Å². The van der Waals surface area contributed by atoms with Crippen molar-refractivity contribution in [3.05, 3.63) is 87.0 Å². The number of aromatic amines is 1. The van der Waals surface area contributed by atoms with Gasteiger partial charge in [-0.3, -0.25) is 4.79 Å². The zero-order chi connectivity index (χ0) is 21.5. The summed E-state index contributed by atoms with van der Waals surface area (Å²) in [6, 6.07) is 11.1. The summed E-state index contributed by atoms with van der Waals surface area (Å²) in [5.74, 6) is 0.822. The molecule has 30 heavy (non-hydrogen) atoms. The molecule has 2 heterocycles. The Bertz CT molecular complexity index is 997. The van der Waals surface area contributed by atoms with Crippen LogP contribution in [0, 0.1) is 0 Å². The molecule has 0 aliphatic carbocycles. The highest BCUT2D eigenvalue weighted by atomic mass is 32.1. The van der Waals surface area contributed by atoms with Crippen LogP contribution < -0.4 is 10.5 Å². The average Bonchev–Trinajstić information content (AvgIpc) is 3.21. The highest BCUT2D eigenvalue weighted by Crippen LogP contribution is 2.16. The summed E-state index contributed by atoms with van der Waals surface area (Å²) >= 11 is 1.64. The second-order valence-corrected chi connectivity index (χ2v) is 8.34. The maximum atomic E-state index is 12.3. The maximum absolute atomic E-state index is 12.3. The average molecular weight is 425 g/mol. The molecule has 2 N–H and O–H groups in total. The number of thiophene rings is 1. The number of aromatic hydroxyl groups is 1. The van der Waals surface area contributed by atoms with Gasteiger partial charge in [-0.15, -0.1) is 6.58 Å². The Balaban J connectivity index is 1.82. The van der Waals surface area contributed by atoms with Crippen LogP contribution in [0.1, 0.15) is 16.8 Å². The van der Waals surface area contributed by atoms with Gasteiger partial charge in [-0.2, -0.15) is 16.3 Å². The molecule has 7 heteroatoms. The fraction of sp³-hybridized carbons (Fsp3) is 0.304. The van der Waals surface area contributed by atoms with E-state index in [1.807, 2.05) is 37.7 Å². The maximum Gasteiger partial charge on any atom is 0.274 e. The summed E-state index contributed by atoms with van der Waals surface area (Å²) in [6.45, 7) is 5.12. The number of rotatable bonds is 10. The number of benzene rings is 1. The molecule has 2 aromatic heterocycles. The summed E-state index contributed by atoms with van der Waals surface area (Å²) in [7, 11) is 4.08. The van der Waals surface area contributed by atoms with Gasteiger partial charge in [0.2, 0.25) is 5.95 Å². The molecule has 0 radical (unpaired) electrons. The van der Waals surface area contributed by atoms with Crippen LogP contribution in [0.4, 0.5) is 5.95 Å². The van der Waals surface area contributed by atoms with Crippen LogP contribution in [-0.2, 0) is 12.8 Å². The van der Waals surface area contributed by atoms with Gasteiger partial charge < -0.3 is 19.9 Å². The second kappa shape index (κ2) is 10.2. The normalized spacial score (nSPS) is 12.1. The molecule has 0 bridgehead atoms. The lowest BCUT2D eigenvalue weighted by Gasteiger charge is -2.31. The third-order valence-corrected chi connectivity index (χ3v) is 5.71. The van der Waals surface area contributed by atoms with E-state index in [1.165, 1.54) is 5.56 Å². The largest absolute Gasteiger partial charge is 0.508 e. The molecule has 3 rings (SSSR count). The van der Waals surface area contributed by atoms with E-state index in [1.54, 1.807) is 29.5 Å². The zero-order valence-electron chi connectivity index (χ0n) is 17.4. The van der Waals surface area contributed by atoms with E-state index in [0.29, 0.717) is 25.5 Å². The van der Waals surface area contributed by atoms with Crippen LogP contribution in [0.3, 0.4) is 0 Å². The van der Waals surface area contributed by atoms with Crippen LogP contribution in [0.2, 0.25) is 0 Å². The number of anilines is 1. The topological polar surface area (TPSA) is 72.5 Å². The number of phenolic OH excluding ortho intramolecular Hbond substituents is 1. The molecular formula is C23H28N4O2S. The van der Waals surface area contributed by atoms with Gasteiger partial charge >= 0.3 is 0 Å². The highest BCUT2D eigenvalue weighted by molar-refractivity contribution is 7.07. The Kier molecular flexibility index (Phi) is 7.43. The summed E-state index contributed by atoms with van der Waals surface area (Å²) < 4.78 is 0. The first-order valence-electron chi connectivity index (χ1n) is 9.86. The van der Waals surface area contributed by atoms with Gasteiger partial charge in [0.1, 0.15) is 5.75 Å². The summed E-state index contributed by atoms with van der Waals surface area (Å²) in [4.78, 5) is 24.1. The molecule has 0 saturated carbocycles. The Morgan fingerprint density at radius 3 is 2.63 bits per heavy atom. The SMILES string of the molecule is C=CCN(C[C@H](Cc1ccc(O)cc1)N(C)C)c1nc(=O)cc(Cc2ccsc2)[nH]1. The van der Waals surface area contributed by atoms with Crippen molar-refractivity contribution in [3.8, 4) is 5.75 Å². The van der Waals surface area contributed by atoms with Crippen molar-refractivity contribution >= 4 is 17.3 Å². The molecule has 158 valence electrons. The van der Waals surface area contributed by atoms with Crippen molar-refractivity contribution in [1.29, 1.82) is 0 Å². The minimum atomic E-state index is -0.247. The molecule has 0 amide bonds. The van der Waals surface area contributed by atoms with E-state index in [4.69, 9.17) is 0 Å². The quantitative estimate of drug-likeness (QED) is 0.489. The monoisotopic (exact) mass is 424 g/mol. The third kappa shape index (κ3) is 6.05. The molecule has 0 spiro atoms. The standard InChI is InChI=1S/C23H28N4O2S/c1-4-10-27(15-20(26(2)3)13-17-5-7-21(28)8-6-17)23-24-19(14-22(29)25-23)12-18-9-11-30-16-18/h4-9,11,14,16,20,28H,1,10,12-13,15H2,2-3H3,(H,24,25,29)/t20-/m0/s1. The molecule has 0 saturated heterocycles. The number of hydrogen-bond donors (Lipinski definition) is 2. The third-order valence-electron chi connectivity index (χ3n) is 4.98. The Morgan fingerprint density at radius 2 is 2.00 bits per heavy atom. The van der Waals surface area contributed by atoms with E-state index in [0.717, 1.165) is 17.7 Å². The van der Waals surface area contributed by atoms with Gasteiger partial charge in [0, 0.05) is 37.3 Å². The summed E-state index contributed by atoms with van der Waals surface area (Å²) in [6.07, 6.45) is 3.29. The van der Waals surface area contributed by atoms with Crippen molar-refractivity contribution in [2.75, 3.05) is 32.1 Å². The van der Waals surface area contributed by atoms with E-state index in [2.05, 4.69) is 37.8 Å². The second-order valence-electron chi connectivity index (χ2n) is 7.56. The van der Waals surface area contributed by atoms with E-state index in [9.17, 15) is 9.90 Å². The van der Waals surface area contributed by atoms with Gasteiger partial charge in [0.25, 0.3) is 5.56 Å². The Hall–Kier alpha value is -2.90. The number of phenols is 1. The minimum Gasteiger partial charge on any atom is -0.508 e. The summed E-state index contributed by atoms with van der Waals surface area (Å²) in [5.41, 5.74) is 2.90. The molecule has 0 fully saturated rings. The zero-order valence-corrected chi connectivity index (χ0v) is 18.2. The number of H-pyrrole nitrogens is 1. The highest BCUT2D eigenvalue weighted by Gasteiger charge is 2.19. The molecule has 1 atom stereocenters. The Labute approximate surface area is 181 Å². The van der Waals surface area contributed by atoms with Gasteiger partial charge in [-0.1, -0.05) is 18.2 Å². The minimum absolute atomic E-state index is 0.181. The lowest BCUT2D eigenvalue weighted by Crippen LogP contribution is -2.43. The molecule has 0 aliphatic rings. The lowest BCUT2D eigenvalue weighted by molar-refractivity contribution is 0.293. The number of hydrogen-bond acceptors (Lipinski definition) is 6. The van der Waals surface area contributed by atoms with Gasteiger partial charge in [0.15, 0.2) is 0 Å². The molecule has 3 aromatic rings. The molecular weight excluding hydrogens is 396 g/mol. The molecule has 6 nitrogen and oxygen atoms in total. The smallest absolute Gasteiger partial charge is 0.274 e. The number of aromatic nitrogens is 2. The predicted molar refractivity (Wildman–Crippen MR) is 124 cm³/mol. The van der Waals surface area contributed by atoms with Gasteiger partial charge in [-0.25, -0.2) is 0 Å². The van der Waals surface area contributed by atoms with E-state index >= 15 is 0 Å². The molecule has 1 aromatic carbocycles. The van der Waals surface area contributed by atoms with Crippen LogP contribution >= 0.6 is 11.3 Å². The fourth-order valence-corrected chi connectivity index (χ4v) is 3.99. The van der Waals surface area contributed by atoms with Crippen LogP contribution in [0.5, 0.6) is 5.75 Å². The van der Waals surface area contributed by atoms with Gasteiger partial charge in [-0.05, 0) is 60.6 Å². The first-order valence-corrected chi connectivity index (χ1v) is 10.8. The first-order chi connectivity index (χ1) is 14.4. The number of nitrogens with zero attached hydrogens (tertiary/aromatic N) is 3. The van der Waals surface area contributed by atoms with Crippen LogP contribution in [0.15, 0.2) is 64.6 Å². The predicted octanol–water partition coefficient (Wildman–Crippen LogP) is 3.29. The van der Waals surface area contributed by atoms with E-state index in [-0.39, 0.29) is 17.4 Å². The lowest BCUT2D eigenvalue weighted by atomic mass is 10.0. The van der Waals surface area contributed by atoms with Crippen molar-refractivity contribution in [3.63, 3.8) is 0 Å². The number of nitrogens with one attached hydrogen (secondary N) is 1. The van der Waals surface area contributed by atoms with Crippen molar-refractivity contribution < 1.29 is 5.11 Å². The van der Waals surface area contributed by atoms with Crippen molar-refractivity contribution in [1.82, 2.24) is 14.9 Å². The van der Waals surface area contributed by atoms with Gasteiger partial charge in [0.05, 0.1) is 0 Å². The molecule has 0 aliphatic heterocycles. The van der Waals surface area contributed by atoms with Crippen molar-refractivity contribution in [2.45, 2.75) is 18.9 Å². The number of likely N-dealkylation sites (N-methyl/N-ethyl adjacent to an activating group) is 1. The first kappa shape index (κ1) is 21.8. The molecule has 0 unspecified atom stereocenters. The van der Waals surface area contributed by atoms with Crippen molar-refractivity contribution in [2.24, 2.45) is 0 Å².